The number of hydrogen-bond acceptors (Lipinski definition) is 5. The maximum absolute atomic E-state index is 14.3. The molecule has 0 aliphatic carbocycles. The van der Waals surface area contributed by atoms with Crippen LogP contribution in [-0.2, 0) is 26.5 Å². The Balaban J connectivity index is 1.37. The van der Waals surface area contributed by atoms with E-state index in [1.54, 1.807) is 6.07 Å². The summed E-state index contributed by atoms with van der Waals surface area (Å²) in [6.07, 6.45) is -11.6. The zero-order chi connectivity index (χ0) is 27.0. The zero-order valence-electron chi connectivity index (χ0n) is 18.3. The highest BCUT2D eigenvalue weighted by Gasteiger charge is 2.60. The largest absolute Gasteiger partial charge is 0.409 e. The molecule has 1 fully saturated rings. The Morgan fingerprint density at radius 1 is 1.11 bits per heavy atom. The number of carbonyl (C=O) groups excluding carboxylic acids is 1. The van der Waals surface area contributed by atoms with E-state index in [0.29, 0.717) is 11.3 Å². The number of carbonyl (C=O) groups is 1. The van der Waals surface area contributed by atoms with Crippen LogP contribution >= 0.6 is 35.1 Å². The van der Waals surface area contributed by atoms with Crippen molar-refractivity contribution < 1.29 is 40.3 Å². The minimum absolute atomic E-state index is 0.0261. The van der Waals surface area contributed by atoms with E-state index in [0.717, 1.165) is 17.0 Å². The van der Waals surface area contributed by atoms with Crippen LogP contribution < -0.4 is 0 Å². The first-order chi connectivity index (χ1) is 17.1. The van der Waals surface area contributed by atoms with Crippen LogP contribution in [-0.4, -0.2) is 46.9 Å². The second-order valence-electron chi connectivity index (χ2n) is 8.90. The van der Waals surface area contributed by atoms with Crippen LogP contribution in [0.1, 0.15) is 35.4 Å². The Labute approximate surface area is 219 Å². The number of pyridine rings is 1. The lowest BCUT2D eigenvalue weighted by molar-refractivity contribution is -0.185. The number of nitrogens with zero attached hydrogens (tertiary/aromatic N) is 3. The predicted molar refractivity (Wildman–Crippen MR) is 121 cm³/mol. The third-order valence-electron chi connectivity index (χ3n) is 6.48. The number of likely N-dealkylation sites (tertiary alicyclic amines) is 1. The number of alkyl halides is 6. The van der Waals surface area contributed by atoms with Crippen molar-refractivity contribution in [2.75, 3.05) is 13.1 Å². The second-order valence-corrected chi connectivity index (χ2v) is 10.8. The molecule has 1 amide bonds. The van der Waals surface area contributed by atoms with Crippen LogP contribution in [0.3, 0.4) is 0 Å². The van der Waals surface area contributed by atoms with Crippen LogP contribution in [0.25, 0.3) is 0 Å². The number of aromatic nitrogens is 1. The molecule has 1 spiro atoms. The van der Waals surface area contributed by atoms with E-state index in [1.807, 2.05) is 0 Å². The lowest BCUT2D eigenvalue weighted by atomic mass is 9.85. The third kappa shape index (κ3) is 4.47. The molecule has 2 aromatic rings. The van der Waals surface area contributed by atoms with Gasteiger partial charge in [-0.05, 0) is 35.7 Å². The first-order valence-electron chi connectivity index (χ1n) is 10.6. The van der Waals surface area contributed by atoms with Crippen molar-refractivity contribution in [3.05, 3.63) is 62.6 Å². The number of hydrogen-bond donors (Lipinski definition) is 0. The summed E-state index contributed by atoms with van der Waals surface area (Å²) < 4.78 is 102. The van der Waals surface area contributed by atoms with Crippen molar-refractivity contribution in [2.45, 2.75) is 42.1 Å². The summed E-state index contributed by atoms with van der Waals surface area (Å²) in [6, 6.07) is 4.77. The lowest BCUT2D eigenvalue weighted by Crippen LogP contribution is -2.61. The first kappa shape index (κ1) is 26.5. The van der Waals surface area contributed by atoms with E-state index in [-0.39, 0.29) is 48.6 Å². The monoisotopic (exact) mass is 587 g/mol. The Morgan fingerprint density at radius 2 is 1.76 bits per heavy atom. The average Bonchev–Trinajstić information content (AvgIpc) is 3.37. The zero-order valence-corrected chi connectivity index (χ0v) is 20.6. The van der Waals surface area contributed by atoms with Crippen LogP contribution in [0.4, 0.5) is 30.7 Å². The van der Waals surface area contributed by atoms with Gasteiger partial charge in [0.05, 0.1) is 46.8 Å². The molecule has 1 aromatic carbocycles. The second kappa shape index (κ2) is 8.72. The molecule has 5 nitrogen and oxygen atoms in total. The summed E-state index contributed by atoms with van der Waals surface area (Å²) in [5.74, 6) is -2.10. The standard InChI is InChI=1S/C22H14Cl2F7N3O2S/c23-12-3-10(4-13(24)18(12)25)20(22(29,30)31)5-15(33-37-20)14-2-1-11-16(32-14)7-36-19(11)8-34(9-19)17(35)6-21(26,27)28/h1-4H,5-9H2. The minimum Gasteiger partial charge on any atom is -0.360 e. The van der Waals surface area contributed by atoms with Crippen molar-refractivity contribution in [3.63, 3.8) is 0 Å². The summed E-state index contributed by atoms with van der Waals surface area (Å²) in [5.41, 5.74) is -0.240. The number of ether oxygens (including phenoxy) is 1. The van der Waals surface area contributed by atoms with Gasteiger partial charge in [-0.3, -0.25) is 4.79 Å². The van der Waals surface area contributed by atoms with Crippen molar-refractivity contribution in [1.82, 2.24) is 9.88 Å². The van der Waals surface area contributed by atoms with E-state index < -0.39 is 57.3 Å². The summed E-state index contributed by atoms with van der Waals surface area (Å²) in [6.45, 7) is -0.204. The Morgan fingerprint density at radius 3 is 2.35 bits per heavy atom. The summed E-state index contributed by atoms with van der Waals surface area (Å²) in [7, 11) is 0. The van der Waals surface area contributed by atoms with Gasteiger partial charge in [-0.25, -0.2) is 13.8 Å². The molecule has 3 aliphatic heterocycles. The van der Waals surface area contributed by atoms with Crippen molar-refractivity contribution >= 4 is 46.8 Å². The van der Waals surface area contributed by atoms with Crippen molar-refractivity contribution in [1.29, 1.82) is 0 Å². The van der Waals surface area contributed by atoms with Gasteiger partial charge >= 0.3 is 12.4 Å². The molecular formula is C22H14Cl2F7N3O2S. The molecule has 5 rings (SSSR count). The summed E-state index contributed by atoms with van der Waals surface area (Å²) >= 11 is 11.8. The molecule has 0 saturated carbocycles. The number of amides is 1. The Kier molecular flexibility index (Phi) is 6.25. The van der Waals surface area contributed by atoms with Crippen LogP contribution in [0, 0.1) is 5.82 Å². The van der Waals surface area contributed by atoms with Gasteiger partial charge in [-0.2, -0.15) is 26.3 Å². The molecule has 3 aliphatic rings. The average molecular weight is 588 g/mol. The Bertz CT molecular complexity index is 1310. The highest BCUT2D eigenvalue weighted by Crippen LogP contribution is 2.57. The summed E-state index contributed by atoms with van der Waals surface area (Å²) in [5, 5.41) is -1.11. The predicted octanol–water partition coefficient (Wildman–Crippen LogP) is 6.35. The number of rotatable bonds is 3. The third-order valence-corrected chi connectivity index (χ3v) is 8.26. The lowest BCUT2D eigenvalue weighted by Gasteiger charge is -2.47. The molecule has 37 heavy (non-hydrogen) atoms. The van der Waals surface area contributed by atoms with Crippen LogP contribution in [0.15, 0.2) is 28.7 Å². The van der Waals surface area contributed by atoms with E-state index in [1.165, 1.54) is 6.07 Å². The molecule has 15 heteroatoms. The van der Waals surface area contributed by atoms with Crippen LogP contribution in [0.5, 0.6) is 0 Å². The van der Waals surface area contributed by atoms with Gasteiger partial charge in [0.1, 0.15) is 12.0 Å². The van der Waals surface area contributed by atoms with Gasteiger partial charge in [0.2, 0.25) is 5.91 Å². The maximum atomic E-state index is 14.3. The number of halogens is 9. The fourth-order valence-electron chi connectivity index (χ4n) is 4.59. The smallest absolute Gasteiger partial charge is 0.360 e. The normalized spacial score (nSPS) is 22.7. The van der Waals surface area contributed by atoms with Gasteiger partial charge < -0.3 is 9.64 Å². The van der Waals surface area contributed by atoms with E-state index in [2.05, 4.69) is 9.38 Å². The van der Waals surface area contributed by atoms with E-state index in [9.17, 15) is 35.5 Å². The molecule has 1 saturated heterocycles. The molecule has 1 atom stereocenters. The molecule has 0 radical (unpaired) electrons. The van der Waals surface area contributed by atoms with Gasteiger partial charge in [-0.15, -0.1) is 0 Å². The molecule has 4 heterocycles. The quantitative estimate of drug-likeness (QED) is 0.239. The van der Waals surface area contributed by atoms with Gasteiger partial charge in [0, 0.05) is 12.0 Å². The van der Waals surface area contributed by atoms with Gasteiger partial charge in [0.25, 0.3) is 0 Å². The van der Waals surface area contributed by atoms with E-state index in [4.69, 9.17) is 27.9 Å². The van der Waals surface area contributed by atoms with Crippen molar-refractivity contribution in [3.8, 4) is 0 Å². The molecule has 1 unspecified atom stereocenters. The SMILES string of the molecule is O=C(CC(F)(F)F)N1CC2(C1)OCc1nc(C3=NSC(c4cc(Cl)c(F)c(Cl)c4)(C(F)(F)F)C3)ccc12. The molecular weight excluding hydrogens is 574 g/mol. The highest BCUT2D eigenvalue weighted by molar-refractivity contribution is 7.99. The summed E-state index contributed by atoms with van der Waals surface area (Å²) in [4.78, 5) is 17.3. The number of fused-ring (bicyclic) bond motifs is 2. The molecule has 0 bridgehead atoms. The fourth-order valence-corrected chi connectivity index (χ4v) is 6.03. The van der Waals surface area contributed by atoms with Crippen molar-refractivity contribution in [2.24, 2.45) is 4.40 Å². The topological polar surface area (TPSA) is 54.8 Å². The highest BCUT2D eigenvalue weighted by atomic mass is 35.5. The molecule has 0 N–H and O–H groups in total. The van der Waals surface area contributed by atoms with Crippen LogP contribution in [0.2, 0.25) is 10.0 Å². The Hall–Kier alpha value is -2.09. The van der Waals surface area contributed by atoms with Gasteiger partial charge in [-0.1, -0.05) is 29.3 Å². The molecule has 198 valence electrons. The number of benzene rings is 1. The fraction of sp³-hybridized carbons (Fsp3) is 0.409. The minimum atomic E-state index is -4.81. The first-order valence-corrected chi connectivity index (χ1v) is 12.1. The maximum Gasteiger partial charge on any atom is 0.409 e. The van der Waals surface area contributed by atoms with Gasteiger partial charge in [0.15, 0.2) is 10.6 Å². The van der Waals surface area contributed by atoms with E-state index >= 15 is 0 Å². The molecule has 1 aromatic heterocycles.